The van der Waals surface area contributed by atoms with Crippen molar-refractivity contribution in [1.29, 1.82) is 0 Å². The highest BCUT2D eigenvalue weighted by atomic mass is 16.5. The summed E-state index contributed by atoms with van der Waals surface area (Å²) < 4.78 is 12.7. The summed E-state index contributed by atoms with van der Waals surface area (Å²) in [6.07, 6.45) is 20.6. The first-order valence-electron chi connectivity index (χ1n) is 16.7. The van der Waals surface area contributed by atoms with Gasteiger partial charge in [0.1, 0.15) is 23.0 Å². The minimum Gasteiger partial charge on any atom is -0.508 e. The lowest BCUT2D eigenvalue weighted by Crippen LogP contribution is -2.05. The summed E-state index contributed by atoms with van der Waals surface area (Å²) >= 11 is 0. The van der Waals surface area contributed by atoms with E-state index in [0.717, 1.165) is 59.7 Å². The number of hydrogen-bond donors (Lipinski definition) is 2. The Morgan fingerprint density at radius 2 is 0.841 bits per heavy atom. The second kappa shape index (κ2) is 21.0. The summed E-state index contributed by atoms with van der Waals surface area (Å²) in [5, 5.41) is 19.3. The highest BCUT2D eigenvalue weighted by Crippen LogP contribution is 2.30. The van der Waals surface area contributed by atoms with Gasteiger partial charge in [-0.15, -0.1) is 0 Å². The molecule has 0 saturated carbocycles. The maximum atomic E-state index is 9.66. The topological polar surface area (TPSA) is 83.6 Å². The van der Waals surface area contributed by atoms with E-state index in [2.05, 4.69) is 23.8 Å². The number of ether oxygens (including phenoxy) is 2. The van der Waals surface area contributed by atoms with Gasteiger partial charge < -0.3 is 19.7 Å². The molecular weight excluding hydrogens is 548 g/mol. The van der Waals surface area contributed by atoms with Crippen LogP contribution >= 0.6 is 0 Å². The van der Waals surface area contributed by atoms with Gasteiger partial charge in [-0.2, -0.15) is 0 Å². The van der Waals surface area contributed by atoms with Crippen LogP contribution in [-0.4, -0.2) is 35.9 Å². The van der Waals surface area contributed by atoms with Crippen molar-refractivity contribution in [2.24, 2.45) is 9.98 Å². The molecule has 0 saturated heterocycles. The van der Waals surface area contributed by atoms with Crippen LogP contribution in [0.1, 0.15) is 115 Å². The van der Waals surface area contributed by atoms with Crippen molar-refractivity contribution >= 4 is 23.8 Å². The molecule has 0 bridgehead atoms. The molecular formula is C38H52N2O4. The normalized spacial score (nSPS) is 11.5. The molecule has 0 unspecified atom stereocenters. The first kappa shape index (κ1) is 34.7. The Kier molecular flexibility index (Phi) is 16.5. The van der Waals surface area contributed by atoms with Crippen molar-refractivity contribution in [1.82, 2.24) is 0 Å². The van der Waals surface area contributed by atoms with Crippen LogP contribution in [0.15, 0.2) is 70.6 Å². The third kappa shape index (κ3) is 13.7. The van der Waals surface area contributed by atoms with Crippen LogP contribution in [0.3, 0.4) is 0 Å². The van der Waals surface area contributed by atoms with Crippen molar-refractivity contribution in [3.8, 4) is 23.0 Å². The molecule has 0 aromatic heterocycles. The van der Waals surface area contributed by atoms with E-state index in [-0.39, 0.29) is 11.5 Å². The van der Waals surface area contributed by atoms with E-state index in [0.29, 0.717) is 13.2 Å². The molecule has 0 aliphatic carbocycles. The Balaban J connectivity index is 1.79. The van der Waals surface area contributed by atoms with Crippen LogP contribution in [0.25, 0.3) is 0 Å². The third-order valence-electron chi connectivity index (χ3n) is 7.56. The Morgan fingerprint density at radius 1 is 0.500 bits per heavy atom. The molecule has 0 amide bonds. The quantitative estimate of drug-likeness (QED) is 0.0887. The fraction of sp³-hybridized carbons (Fsp3) is 0.474. The van der Waals surface area contributed by atoms with Crippen LogP contribution in [0, 0.1) is 0 Å². The van der Waals surface area contributed by atoms with E-state index in [1.54, 1.807) is 61.0 Å². The van der Waals surface area contributed by atoms with Crippen LogP contribution < -0.4 is 9.47 Å². The van der Waals surface area contributed by atoms with Crippen molar-refractivity contribution in [3.05, 3.63) is 71.8 Å². The number of phenolic OH excluding ortho intramolecular Hbond substituents is 2. The molecule has 0 spiro atoms. The first-order valence-corrected chi connectivity index (χ1v) is 16.7. The fourth-order valence-electron chi connectivity index (χ4n) is 4.89. The average Bonchev–Trinajstić information content (AvgIpc) is 3.03. The SMILES string of the molecule is CCCCCCCCCOc1cc(C=Nc2ccc(O)cc2)c(OCCCCCCCCC)cc1C=Nc1ccc(O)cc1. The van der Waals surface area contributed by atoms with Gasteiger partial charge in [-0.3, -0.25) is 9.98 Å². The summed E-state index contributed by atoms with van der Waals surface area (Å²) in [5.41, 5.74) is 3.14. The summed E-state index contributed by atoms with van der Waals surface area (Å²) in [7, 11) is 0. The maximum Gasteiger partial charge on any atom is 0.128 e. The average molecular weight is 601 g/mol. The fourth-order valence-corrected chi connectivity index (χ4v) is 4.89. The third-order valence-corrected chi connectivity index (χ3v) is 7.56. The van der Waals surface area contributed by atoms with E-state index < -0.39 is 0 Å². The minimum atomic E-state index is 0.209. The Labute approximate surface area is 264 Å². The summed E-state index contributed by atoms with van der Waals surface area (Å²) in [6.45, 7) is 5.74. The molecule has 6 heteroatoms. The minimum absolute atomic E-state index is 0.209. The van der Waals surface area contributed by atoms with Gasteiger partial charge in [0.2, 0.25) is 0 Å². The smallest absolute Gasteiger partial charge is 0.128 e. The summed E-state index contributed by atoms with van der Waals surface area (Å²) in [4.78, 5) is 9.31. The molecule has 6 nitrogen and oxygen atoms in total. The van der Waals surface area contributed by atoms with Gasteiger partial charge in [0.05, 0.1) is 24.6 Å². The van der Waals surface area contributed by atoms with E-state index >= 15 is 0 Å². The van der Waals surface area contributed by atoms with Crippen LogP contribution in [0.2, 0.25) is 0 Å². The lowest BCUT2D eigenvalue weighted by Gasteiger charge is -2.15. The lowest BCUT2D eigenvalue weighted by atomic mass is 10.1. The molecule has 0 aliphatic rings. The largest absolute Gasteiger partial charge is 0.508 e. The monoisotopic (exact) mass is 600 g/mol. The van der Waals surface area contributed by atoms with E-state index in [1.807, 2.05) is 12.1 Å². The molecule has 0 heterocycles. The van der Waals surface area contributed by atoms with Gasteiger partial charge in [0, 0.05) is 23.6 Å². The highest BCUT2D eigenvalue weighted by Gasteiger charge is 2.12. The Bertz CT molecular complexity index is 1150. The van der Waals surface area contributed by atoms with E-state index in [4.69, 9.17) is 9.47 Å². The van der Waals surface area contributed by atoms with Crippen molar-refractivity contribution < 1.29 is 19.7 Å². The molecule has 0 atom stereocenters. The van der Waals surface area contributed by atoms with Gasteiger partial charge in [0.15, 0.2) is 0 Å². The summed E-state index contributed by atoms with van der Waals surface area (Å²) in [5.74, 6) is 1.88. The second-order valence-electron chi connectivity index (χ2n) is 11.4. The molecule has 3 aromatic carbocycles. The van der Waals surface area contributed by atoms with Crippen molar-refractivity contribution in [2.45, 2.75) is 104 Å². The molecule has 0 aliphatic heterocycles. The number of rotatable bonds is 22. The number of phenols is 2. The molecule has 3 aromatic rings. The predicted molar refractivity (Wildman–Crippen MR) is 184 cm³/mol. The Morgan fingerprint density at radius 3 is 1.20 bits per heavy atom. The maximum absolute atomic E-state index is 9.66. The zero-order valence-corrected chi connectivity index (χ0v) is 26.8. The second-order valence-corrected chi connectivity index (χ2v) is 11.4. The molecule has 0 fully saturated rings. The number of aliphatic imine (C=N–C) groups is 2. The van der Waals surface area contributed by atoms with Crippen molar-refractivity contribution in [3.63, 3.8) is 0 Å². The molecule has 2 N–H and O–H groups in total. The van der Waals surface area contributed by atoms with E-state index in [9.17, 15) is 10.2 Å². The number of nitrogens with zero attached hydrogens (tertiary/aromatic N) is 2. The number of unbranched alkanes of at least 4 members (excludes halogenated alkanes) is 12. The van der Waals surface area contributed by atoms with Gasteiger partial charge >= 0.3 is 0 Å². The molecule has 0 radical (unpaired) electrons. The standard InChI is InChI=1S/C38H52N2O4/c1-3-5-7-9-11-13-15-25-43-37-27-32(30-40-34-19-23-36(42)24-20-34)38(44-26-16-14-12-10-8-6-4-2)28-31(37)29-39-33-17-21-35(41)22-18-33/h17-24,27-30,41-42H,3-16,25-26H2,1-2H3. The lowest BCUT2D eigenvalue weighted by molar-refractivity contribution is 0.295. The number of hydrogen-bond acceptors (Lipinski definition) is 6. The van der Waals surface area contributed by atoms with Gasteiger partial charge in [-0.25, -0.2) is 0 Å². The van der Waals surface area contributed by atoms with Crippen molar-refractivity contribution in [2.75, 3.05) is 13.2 Å². The summed E-state index contributed by atoms with van der Waals surface area (Å²) in [6, 6.07) is 17.6. The molecule has 3 rings (SSSR count). The zero-order valence-electron chi connectivity index (χ0n) is 26.8. The van der Waals surface area contributed by atoms with Crippen LogP contribution in [0.4, 0.5) is 11.4 Å². The van der Waals surface area contributed by atoms with Gasteiger partial charge in [-0.05, 0) is 73.5 Å². The zero-order chi connectivity index (χ0) is 31.2. The predicted octanol–water partition coefficient (Wildman–Crippen LogP) is 10.9. The van der Waals surface area contributed by atoms with E-state index in [1.165, 1.54) is 64.2 Å². The Hall–Kier alpha value is -3.80. The molecule has 238 valence electrons. The number of benzene rings is 3. The van der Waals surface area contributed by atoms with Crippen LogP contribution in [0.5, 0.6) is 23.0 Å². The van der Waals surface area contributed by atoms with Crippen LogP contribution in [-0.2, 0) is 0 Å². The first-order chi connectivity index (χ1) is 21.6. The van der Waals surface area contributed by atoms with Gasteiger partial charge in [-0.1, -0.05) is 90.9 Å². The highest BCUT2D eigenvalue weighted by molar-refractivity contribution is 5.92. The molecule has 44 heavy (non-hydrogen) atoms. The number of aromatic hydroxyl groups is 2. The van der Waals surface area contributed by atoms with Gasteiger partial charge in [0.25, 0.3) is 0 Å².